The fourth-order valence-electron chi connectivity index (χ4n) is 2.67. The van der Waals surface area contributed by atoms with E-state index in [0.29, 0.717) is 17.4 Å². The summed E-state index contributed by atoms with van der Waals surface area (Å²) in [6, 6.07) is 10.9. The Hall–Kier alpha value is -2.91. The fraction of sp³-hybridized carbons (Fsp3) is 0.238. The summed E-state index contributed by atoms with van der Waals surface area (Å²) in [5.41, 5.74) is 2.87. The van der Waals surface area contributed by atoms with Crippen molar-refractivity contribution in [2.75, 3.05) is 11.1 Å². The molecular weight excluding hydrogens is 420 g/mol. The second-order valence-corrected chi connectivity index (χ2v) is 8.66. The van der Waals surface area contributed by atoms with Crippen LogP contribution >= 0.6 is 23.1 Å². The summed E-state index contributed by atoms with van der Waals surface area (Å²) in [5.74, 6) is -0.329. The summed E-state index contributed by atoms with van der Waals surface area (Å²) >= 11 is 2.68. The number of thioether (sulfide) groups is 1. The molecule has 0 radical (unpaired) electrons. The summed E-state index contributed by atoms with van der Waals surface area (Å²) in [5, 5.41) is 7.93. The molecule has 0 bridgehead atoms. The van der Waals surface area contributed by atoms with Crippen molar-refractivity contribution in [2.45, 2.75) is 32.0 Å². The van der Waals surface area contributed by atoms with Gasteiger partial charge in [0.05, 0.1) is 24.4 Å². The largest absolute Gasteiger partial charge is 0.351 e. The molecule has 0 atom stereocenters. The maximum Gasteiger partial charge on any atom is 0.251 e. The number of aryl methyl sites for hydroxylation is 1. The molecule has 0 spiro atoms. The number of rotatable bonds is 8. The number of aromatic nitrogens is 2. The number of carbonyl (C=O) groups excluding carboxylic acids is 2. The zero-order valence-corrected chi connectivity index (χ0v) is 18.3. The smallest absolute Gasteiger partial charge is 0.251 e. The van der Waals surface area contributed by atoms with E-state index >= 15 is 0 Å². The number of aromatic amines is 1. The standard InChI is InChI=1S/C21H22N4O3S2/c1-13-5-3-7-17(14(13)2)24-20(28)12-30-21-23-15(10-19(27)25-21)9-18(26)22-11-16-6-4-8-29-16/h3-8,10H,9,11-12H2,1-2H3,(H,22,26)(H,24,28)(H,23,25,27). The van der Waals surface area contributed by atoms with Crippen LogP contribution in [0.4, 0.5) is 5.69 Å². The average molecular weight is 443 g/mol. The maximum atomic E-state index is 12.3. The Morgan fingerprint density at radius 2 is 2.00 bits per heavy atom. The van der Waals surface area contributed by atoms with Crippen molar-refractivity contribution in [3.8, 4) is 0 Å². The molecule has 0 aliphatic carbocycles. The Morgan fingerprint density at radius 1 is 1.17 bits per heavy atom. The summed E-state index contributed by atoms with van der Waals surface area (Å²) in [6.45, 7) is 4.38. The van der Waals surface area contributed by atoms with Gasteiger partial charge < -0.3 is 15.6 Å². The number of amides is 2. The third-order valence-corrected chi connectivity index (χ3v) is 6.12. The van der Waals surface area contributed by atoms with E-state index in [0.717, 1.165) is 33.5 Å². The van der Waals surface area contributed by atoms with Crippen LogP contribution in [0.2, 0.25) is 0 Å². The number of nitrogens with one attached hydrogen (secondary N) is 3. The molecule has 0 saturated carbocycles. The number of benzene rings is 1. The third-order valence-electron chi connectivity index (χ3n) is 4.37. The van der Waals surface area contributed by atoms with E-state index in [2.05, 4.69) is 20.6 Å². The monoisotopic (exact) mass is 442 g/mol. The molecular formula is C21H22N4O3S2. The topological polar surface area (TPSA) is 104 Å². The Kier molecular flexibility index (Phi) is 7.42. The predicted molar refractivity (Wildman–Crippen MR) is 120 cm³/mol. The number of thiophene rings is 1. The van der Waals surface area contributed by atoms with Gasteiger partial charge in [-0.2, -0.15) is 0 Å². The minimum absolute atomic E-state index is 0.00244. The molecule has 156 valence electrons. The summed E-state index contributed by atoms with van der Waals surface area (Å²) in [6.07, 6.45) is -0.00244. The summed E-state index contributed by atoms with van der Waals surface area (Å²) in [7, 11) is 0. The average Bonchev–Trinajstić information content (AvgIpc) is 3.22. The van der Waals surface area contributed by atoms with Crippen molar-refractivity contribution in [3.63, 3.8) is 0 Å². The number of carbonyl (C=O) groups is 2. The normalized spacial score (nSPS) is 10.6. The van der Waals surface area contributed by atoms with Crippen molar-refractivity contribution in [3.05, 3.63) is 73.8 Å². The van der Waals surface area contributed by atoms with Gasteiger partial charge in [-0.1, -0.05) is 30.0 Å². The lowest BCUT2D eigenvalue weighted by Gasteiger charge is -2.10. The molecule has 1 aromatic carbocycles. The van der Waals surface area contributed by atoms with Crippen molar-refractivity contribution >= 4 is 40.6 Å². The molecule has 0 unspecified atom stereocenters. The minimum Gasteiger partial charge on any atom is -0.351 e. The van der Waals surface area contributed by atoms with E-state index in [1.165, 1.54) is 6.07 Å². The number of hydrogen-bond donors (Lipinski definition) is 3. The lowest BCUT2D eigenvalue weighted by atomic mass is 10.1. The molecule has 0 aliphatic heterocycles. The number of nitrogens with zero attached hydrogens (tertiary/aromatic N) is 1. The number of hydrogen-bond acceptors (Lipinski definition) is 6. The Balaban J connectivity index is 1.55. The van der Waals surface area contributed by atoms with E-state index in [9.17, 15) is 14.4 Å². The minimum atomic E-state index is -0.358. The Morgan fingerprint density at radius 3 is 2.77 bits per heavy atom. The molecule has 9 heteroatoms. The number of anilines is 1. The SMILES string of the molecule is Cc1cccc(NC(=O)CSc2nc(CC(=O)NCc3cccs3)cc(=O)[nH]2)c1C. The summed E-state index contributed by atoms with van der Waals surface area (Å²) < 4.78 is 0. The van der Waals surface area contributed by atoms with Crippen molar-refractivity contribution in [1.82, 2.24) is 15.3 Å². The van der Waals surface area contributed by atoms with Crippen LogP contribution in [0.15, 0.2) is 51.7 Å². The number of H-pyrrole nitrogens is 1. The van der Waals surface area contributed by atoms with Crippen molar-refractivity contribution < 1.29 is 9.59 Å². The second kappa shape index (κ2) is 10.2. The molecule has 7 nitrogen and oxygen atoms in total. The van der Waals surface area contributed by atoms with Crippen LogP contribution in [0.3, 0.4) is 0 Å². The molecule has 2 heterocycles. The highest BCUT2D eigenvalue weighted by Gasteiger charge is 2.11. The van der Waals surface area contributed by atoms with Gasteiger partial charge in [-0.3, -0.25) is 14.4 Å². The molecule has 3 N–H and O–H groups in total. The van der Waals surface area contributed by atoms with Gasteiger partial charge >= 0.3 is 0 Å². The second-order valence-electron chi connectivity index (χ2n) is 6.66. The van der Waals surface area contributed by atoms with Crippen LogP contribution in [-0.2, 0) is 22.6 Å². The highest BCUT2D eigenvalue weighted by atomic mass is 32.2. The molecule has 2 aromatic heterocycles. The van der Waals surface area contributed by atoms with Crippen LogP contribution in [0, 0.1) is 13.8 Å². The Labute approximate surface area is 182 Å². The Bertz CT molecular complexity index is 1090. The van der Waals surface area contributed by atoms with Gasteiger partial charge in [0.2, 0.25) is 11.8 Å². The molecule has 30 heavy (non-hydrogen) atoms. The lowest BCUT2D eigenvalue weighted by molar-refractivity contribution is -0.120. The van der Waals surface area contributed by atoms with Crippen molar-refractivity contribution in [2.24, 2.45) is 0 Å². The molecule has 2 amide bonds. The van der Waals surface area contributed by atoms with Crippen LogP contribution in [0.25, 0.3) is 0 Å². The van der Waals surface area contributed by atoms with E-state index in [1.54, 1.807) is 11.3 Å². The van der Waals surface area contributed by atoms with E-state index < -0.39 is 0 Å². The van der Waals surface area contributed by atoms with E-state index in [4.69, 9.17) is 0 Å². The van der Waals surface area contributed by atoms with Gasteiger partial charge in [0, 0.05) is 16.6 Å². The highest BCUT2D eigenvalue weighted by Crippen LogP contribution is 2.19. The maximum absolute atomic E-state index is 12.3. The fourth-order valence-corrected chi connectivity index (χ4v) is 4.01. The van der Waals surface area contributed by atoms with Crippen LogP contribution in [-0.4, -0.2) is 27.5 Å². The zero-order valence-electron chi connectivity index (χ0n) is 16.7. The van der Waals surface area contributed by atoms with Crippen LogP contribution < -0.4 is 16.2 Å². The van der Waals surface area contributed by atoms with Gasteiger partial charge in [-0.25, -0.2) is 4.98 Å². The van der Waals surface area contributed by atoms with Gasteiger partial charge in [0.15, 0.2) is 5.16 Å². The van der Waals surface area contributed by atoms with Crippen molar-refractivity contribution in [1.29, 1.82) is 0 Å². The first-order valence-electron chi connectivity index (χ1n) is 9.29. The third kappa shape index (κ3) is 6.30. The zero-order chi connectivity index (χ0) is 21.5. The first kappa shape index (κ1) is 21.8. The first-order chi connectivity index (χ1) is 14.4. The van der Waals surface area contributed by atoms with Gasteiger partial charge in [-0.15, -0.1) is 11.3 Å². The van der Waals surface area contributed by atoms with Crippen LogP contribution in [0.1, 0.15) is 21.7 Å². The lowest BCUT2D eigenvalue weighted by Crippen LogP contribution is -2.25. The molecule has 3 aromatic rings. The molecule has 0 aliphatic rings. The molecule has 0 saturated heterocycles. The van der Waals surface area contributed by atoms with Gasteiger partial charge in [-0.05, 0) is 42.5 Å². The predicted octanol–water partition coefficient (Wildman–Crippen LogP) is 3.04. The van der Waals surface area contributed by atoms with E-state index in [1.807, 2.05) is 49.6 Å². The van der Waals surface area contributed by atoms with E-state index in [-0.39, 0.29) is 29.5 Å². The van der Waals surface area contributed by atoms with Gasteiger partial charge in [0.25, 0.3) is 5.56 Å². The van der Waals surface area contributed by atoms with Crippen LogP contribution in [0.5, 0.6) is 0 Å². The highest BCUT2D eigenvalue weighted by molar-refractivity contribution is 7.99. The molecule has 0 fully saturated rings. The first-order valence-corrected chi connectivity index (χ1v) is 11.2. The quantitative estimate of drug-likeness (QED) is 0.367. The molecule has 3 rings (SSSR count). The van der Waals surface area contributed by atoms with Gasteiger partial charge in [0.1, 0.15) is 0 Å². The summed E-state index contributed by atoms with van der Waals surface area (Å²) in [4.78, 5) is 44.3.